The van der Waals surface area contributed by atoms with Gasteiger partial charge in [-0.2, -0.15) is 0 Å². The second-order valence-corrected chi connectivity index (χ2v) is 3.61. The van der Waals surface area contributed by atoms with Crippen molar-refractivity contribution in [2.45, 2.75) is 18.9 Å². The third-order valence-corrected chi connectivity index (χ3v) is 2.62. The Morgan fingerprint density at radius 2 is 2.53 bits per heavy atom. The van der Waals surface area contributed by atoms with Gasteiger partial charge in [0.2, 0.25) is 0 Å². The molecule has 1 aromatic heterocycles. The lowest BCUT2D eigenvalue weighted by molar-refractivity contribution is 0.0600. The fraction of sp³-hybridized carbons (Fsp3) is 0.455. The van der Waals surface area contributed by atoms with Gasteiger partial charge in [0.15, 0.2) is 0 Å². The Morgan fingerprint density at radius 1 is 1.67 bits per heavy atom. The first-order valence-corrected chi connectivity index (χ1v) is 5.09. The Morgan fingerprint density at radius 3 is 3.20 bits per heavy atom. The fourth-order valence-electron chi connectivity index (χ4n) is 1.82. The van der Waals surface area contributed by atoms with E-state index in [1.165, 1.54) is 7.11 Å². The molecular weight excluding hydrogens is 192 g/mol. The van der Waals surface area contributed by atoms with Crippen molar-refractivity contribution < 1.29 is 9.53 Å². The Labute approximate surface area is 88.7 Å². The summed E-state index contributed by atoms with van der Waals surface area (Å²) < 4.78 is 4.67. The molecule has 0 spiro atoms. The summed E-state index contributed by atoms with van der Waals surface area (Å²) in [4.78, 5) is 15.6. The van der Waals surface area contributed by atoms with E-state index in [9.17, 15) is 4.79 Å². The third kappa shape index (κ3) is 2.15. The maximum absolute atomic E-state index is 11.3. The van der Waals surface area contributed by atoms with E-state index in [0.29, 0.717) is 5.56 Å². The number of nitrogens with one attached hydrogen (secondary N) is 1. The van der Waals surface area contributed by atoms with E-state index in [1.807, 2.05) is 0 Å². The summed E-state index contributed by atoms with van der Waals surface area (Å²) in [5.74, 6) is -0.309. The van der Waals surface area contributed by atoms with Crippen molar-refractivity contribution in [1.29, 1.82) is 0 Å². The van der Waals surface area contributed by atoms with Crippen molar-refractivity contribution in [1.82, 2.24) is 10.3 Å². The van der Waals surface area contributed by atoms with Crippen molar-refractivity contribution in [3.63, 3.8) is 0 Å². The minimum Gasteiger partial charge on any atom is -0.465 e. The molecule has 1 unspecified atom stereocenters. The quantitative estimate of drug-likeness (QED) is 0.741. The molecule has 15 heavy (non-hydrogen) atoms. The third-order valence-electron chi connectivity index (χ3n) is 2.62. The molecule has 1 aliphatic heterocycles. The SMILES string of the molecule is COC(=O)c1ccnc(C2CCCN2)c1. The van der Waals surface area contributed by atoms with Gasteiger partial charge in [-0.3, -0.25) is 4.98 Å². The van der Waals surface area contributed by atoms with Gasteiger partial charge in [-0.25, -0.2) is 4.79 Å². The van der Waals surface area contributed by atoms with E-state index < -0.39 is 0 Å². The van der Waals surface area contributed by atoms with Gasteiger partial charge in [0.1, 0.15) is 0 Å². The number of carbonyl (C=O) groups is 1. The van der Waals surface area contributed by atoms with Crippen LogP contribution in [-0.2, 0) is 4.74 Å². The molecule has 1 aromatic rings. The molecule has 0 aromatic carbocycles. The lowest BCUT2D eigenvalue weighted by Crippen LogP contribution is -2.15. The maximum Gasteiger partial charge on any atom is 0.337 e. The van der Waals surface area contributed by atoms with Gasteiger partial charge in [0.05, 0.1) is 18.4 Å². The number of carbonyl (C=O) groups excluding carboxylic acids is 1. The Kier molecular flexibility index (Phi) is 2.97. The summed E-state index contributed by atoms with van der Waals surface area (Å²) in [6.45, 7) is 1.02. The summed E-state index contributed by atoms with van der Waals surface area (Å²) in [5, 5.41) is 3.34. The van der Waals surface area contributed by atoms with E-state index in [1.54, 1.807) is 18.3 Å². The first-order chi connectivity index (χ1) is 7.31. The topological polar surface area (TPSA) is 51.2 Å². The number of esters is 1. The number of methoxy groups -OCH3 is 1. The van der Waals surface area contributed by atoms with Crippen LogP contribution in [0.4, 0.5) is 0 Å². The molecule has 2 rings (SSSR count). The average molecular weight is 206 g/mol. The van der Waals surface area contributed by atoms with Crippen LogP contribution >= 0.6 is 0 Å². The molecule has 1 N–H and O–H groups in total. The number of hydrogen-bond acceptors (Lipinski definition) is 4. The summed E-state index contributed by atoms with van der Waals surface area (Å²) in [6, 6.07) is 3.76. The molecule has 0 radical (unpaired) electrons. The van der Waals surface area contributed by atoms with E-state index in [0.717, 1.165) is 25.1 Å². The van der Waals surface area contributed by atoms with Gasteiger partial charge < -0.3 is 10.1 Å². The largest absolute Gasteiger partial charge is 0.465 e. The molecule has 1 aliphatic rings. The molecule has 4 heteroatoms. The van der Waals surface area contributed by atoms with Crippen LogP contribution in [0.3, 0.4) is 0 Å². The molecule has 1 fully saturated rings. The van der Waals surface area contributed by atoms with Crippen molar-refractivity contribution >= 4 is 5.97 Å². The summed E-state index contributed by atoms with van der Waals surface area (Å²) in [6.07, 6.45) is 3.90. The Hall–Kier alpha value is -1.42. The van der Waals surface area contributed by atoms with Gasteiger partial charge >= 0.3 is 5.97 Å². The summed E-state index contributed by atoms with van der Waals surface area (Å²) >= 11 is 0. The van der Waals surface area contributed by atoms with Crippen LogP contribution in [0.15, 0.2) is 18.3 Å². The van der Waals surface area contributed by atoms with E-state index >= 15 is 0 Å². The maximum atomic E-state index is 11.3. The summed E-state index contributed by atoms with van der Waals surface area (Å²) in [5.41, 5.74) is 1.49. The van der Waals surface area contributed by atoms with Crippen LogP contribution in [-0.4, -0.2) is 24.6 Å². The highest BCUT2D eigenvalue weighted by Crippen LogP contribution is 2.21. The number of rotatable bonds is 2. The van der Waals surface area contributed by atoms with E-state index in [4.69, 9.17) is 0 Å². The zero-order chi connectivity index (χ0) is 10.7. The number of aromatic nitrogens is 1. The fourth-order valence-corrected chi connectivity index (χ4v) is 1.82. The second-order valence-electron chi connectivity index (χ2n) is 3.61. The minimum absolute atomic E-state index is 0.287. The van der Waals surface area contributed by atoms with Crippen molar-refractivity contribution in [2.75, 3.05) is 13.7 Å². The van der Waals surface area contributed by atoms with E-state index in [2.05, 4.69) is 15.0 Å². The van der Waals surface area contributed by atoms with Gasteiger partial charge in [0.25, 0.3) is 0 Å². The van der Waals surface area contributed by atoms with Gasteiger partial charge in [-0.15, -0.1) is 0 Å². The standard InChI is InChI=1S/C11H14N2O2/c1-15-11(14)8-4-6-13-10(7-8)9-3-2-5-12-9/h4,6-7,9,12H,2-3,5H2,1H3. The highest BCUT2D eigenvalue weighted by molar-refractivity contribution is 5.89. The van der Waals surface area contributed by atoms with Crippen LogP contribution in [0.5, 0.6) is 0 Å². The predicted molar refractivity (Wildman–Crippen MR) is 55.6 cm³/mol. The van der Waals surface area contributed by atoms with Crippen molar-refractivity contribution in [2.24, 2.45) is 0 Å². The van der Waals surface area contributed by atoms with E-state index in [-0.39, 0.29) is 12.0 Å². The Bertz CT molecular complexity index is 359. The Balaban J connectivity index is 2.21. The second kappa shape index (κ2) is 4.40. The number of pyridine rings is 1. The van der Waals surface area contributed by atoms with Crippen LogP contribution < -0.4 is 5.32 Å². The molecule has 0 aliphatic carbocycles. The van der Waals surface area contributed by atoms with Crippen LogP contribution in [0.25, 0.3) is 0 Å². The molecule has 1 saturated heterocycles. The minimum atomic E-state index is -0.309. The van der Waals surface area contributed by atoms with Gasteiger partial charge in [-0.05, 0) is 31.5 Å². The normalized spacial score (nSPS) is 20.2. The molecule has 4 nitrogen and oxygen atoms in total. The van der Waals surface area contributed by atoms with Crippen LogP contribution in [0.2, 0.25) is 0 Å². The zero-order valence-corrected chi connectivity index (χ0v) is 8.69. The summed E-state index contributed by atoms with van der Waals surface area (Å²) in [7, 11) is 1.39. The molecule has 1 atom stereocenters. The molecule has 80 valence electrons. The lowest BCUT2D eigenvalue weighted by Gasteiger charge is -2.09. The van der Waals surface area contributed by atoms with Gasteiger partial charge in [0, 0.05) is 12.2 Å². The molecule has 2 heterocycles. The highest BCUT2D eigenvalue weighted by atomic mass is 16.5. The molecule has 0 bridgehead atoms. The van der Waals surface area contributed by atoms with Crippen molar-refractivity contribution in [3.8, 4) is 0 Å². The monoisotopic (exact) mass is 206 g/mol. The van der Waals surface area contributed by atoms with Crippen molar-refractivity contribution in [3.05, 3.63) is 29.6 Å². The molecular formula is C11H14N2O2. The number of hydrogen-bond donors (Lipinski definition) is 1. The highest BCUT2D eigenvalue weighted by Gasteiger charge is 2.18. The van der Waals surface area contributed by atoms with Crippen LogP contribution in [0, 0.1) is 0 Å². The first-order valence-electron chi connectivity index (χ1n) is 5.09. The zero-order valence-electron chi connectivity index (χ0n) is 8.69. The average Bonchev–Trinajstić information content (AvgIpc) is 2.82. The predicted octanol–water partition coefficient (Wildman–Crippen LogP) is 1.29. The number of nitrogens with zero attached hydrogens (tertiary/aromatic N) is 1. The number of ether oxygens (including phenoxy) is 1. The first kappa shape index (κ1) is 10.1. The van der Waals surface area contributed by atoms with Gasteiger partial charge in [-0.1, -0.05) is 0 Å². The smallest absolute Gasteiger partial charge is 0.337 e. The lowest BCUT2D eigenvalue weighted by atomic mass is 10.1. The molecule has 0 saturated carbocycles. The molecule has 0 amide bonds. The van der Waals surface area contributed by atoms with Crippen LogP contribution in [0.1, 0.15) is 34.9 Å².